The van der Waals surface area contributed by atoms with Gasteiger partial charge >= 0.3 is 47.8 Å². The summed E-state index contributed by atoms with van der Waals surface area (Å²) in [5.41, 5.74) is 5.30. The maximum Gasteiger partial charge on any atom is 0.349 e. The van der Waals surface area contributed by atoms with Crippen LogP contribution in [0.2, 0.25) is 0 Å². The van der Waals surface area contributed by atoms with Gasteiger partial charge in [-0.1, -0.05) is 19.6 Å². The second kappa shape index (κ2) is 41.6. The van der Waals surface area contributed by atoms with Gasteiger partial charge in [-0.2, -0.15) is 0 Å². The lowest BCUT2D eigenvalue weighted by Gasteiger charge is -2.27. The molecule has 0 aliphatic carbocycles. The molecule has 0 saturated heterocycles. The Morgan fingerprint density at radius 2 is 0.927 bits per heavy atom. The molecule has 592 valence electrons. The van der Waals surface area contributed by atoms with Gasteiger partial charge in [-0.25, -0.2) is 63.2 Å². The van der Waals surface area contributed by atoms with Gasteiger partial charge in [-0.15, -0.1) is 0 Å². The van der Waals surface area contributed by atoms with Gasteiger partial charge < -0.3 is 76.1 Å². The fourth-order valence-corrected chi connectivity index (χ4v) is 10.9. The summed E-state index contributed by atoms with van der Waals surface area (Å²) in [5, 5.41) is 57.0. The minimum atomic E-state index is -3.70. The van der Waals surface area contributed by atoms with Crippen molar-refractivity contribution >= 4 is 120 Å². The highest BCUT2D eigenvalue weighted by Gasteiger charge is 2.46. The molecule has 2 unspecified atom stereocenters. The zero-order chi connectivity index (χ0) is 82.9. The van der Waals surface area contributed by atoms with Gasteiger partial charge in [0.05, 0.1) is 78.0 Å². The van der Waals surface area contributed by atoms with Crippen LogP contribution < -0.4 is 41.0 Å². The molecule has 6 aromatic rings. The number of nitrogen functional groups attached to an aromatic ring is 1. The monoisotopic (exact) mass is 1580 g/mol. The van der Waals surface area contributed by atoms with E-state index in [4.69, 9.17) is 60.7 Å². The van der Waals surface area contributed by atoms with E-state index in [0.29, 0.717) is 46.5 Å². The summed E-state index contributed by atoms with van der Waals surface area (Å²) in [7, 11) is -3.83. The summed E-state index contributed by atoms with van der Waals surface area (Å²) in [6, 6.07) is 15.1. The zero-order valence-electron chi connectivity index (χ0n) is 58.4. The number of anilines is 3. The van der Waals surface area contributed by atoms with Crippen molar-refractivity contribution in [3.05, 3.63) is 174 Å². The topological polar surface area (TPSA) is 569 Å². The second-order valence-electron chi connectivity index (χ2n) is 21.5. The molecule has 0 spiro atoms. The quantitative estimate of drug-likeness (QED) is 0.00669. The molecule has 2 atom stereocenters. The Bertz CT molecular complexity index is 4740. The van der Waals surface area contributed by atoms with Gasteiger partial charge in [0.2, 0.25) is 11.8 Å². The Morgan fingerprint density at radius 3 is 1.30 bits per heavy atom. The summed E-state index contributed by atoms with van der Waals surface area (Å²) in [6.45, 7) is 10.3. The lowest BCUT2D eigenvalue weighted by atomic mass is 10.0. The smallest absolute Gasteiger partial charge is 0.349 e. The Hall–Kier alpha value is -13.0. The number of nitrogens with two attached hydrogens (primary N) is 2. The van der Waals surface area contributed by atoms with Crippen LogP contribution >= 0.6 is 0 Å². The van der Waals surface area contributed by atoms with Crippen molar-refractivity contribution in [3.63, 3.8) is 0 Å². The third-order valence-electron chi connectivity index (χ3n) is 13.1. The fourth-order valence-electron chi connectivity index (χ4n) is 9.16. The molecule has 8 rings (SSSR count). The molecular formula is C67H74F4N6O30S2. The summed E-state index contributed by atoms with van der Waals surface area (Å²) in [4.78, 5) is 152. The molecule has 2 heterocycles. The highest BCUT2D eigenvalue weighted by atomic mass is 32.2. The van der Waals surface area contributed by atoms with Crippen LogP contribution in [0.3, 0.4) is 0 Å². The predicted molar refractivity (Wildman–Crippen MR) is 375 cm³/mol. The van der Waals surface area contributed by atoms with Crippen molar-refractivity contribution in [2.24, 2.45) is 5.73 Å². The summed E-state index contributed by atoms with van der Waals surface area (Å²) >= 11 is 0. The van der Waals surface area contributed by atoms with Gasteiger partial charge in [0.1, 0.15) is 65.2 Å². The maximum atomic E-state index is 14.6. The summed E-state index contributed by atoms with van der Waals surface area (Å²) < 4.78 is 130. The average molecular weight is 1580 g/mol. The molecule has 0 radical (unpaired) electrons. The molecule has 109 heavy (non-hydrogen) atoms. The molecule has 2 aliphatic rings. The molecular weight excluding hydrogens is 1510 g/mol. The van der Waals surface area contributed by atoms with E-state index in [1.165, 1.54) is 71.4 Å². The Balaban J connectivity index is 0.00000134. The van der Waals surface area contributed by atoms with Crippen LogP contribution in [0.4, 0.5) is 40.3 Å². The Kier molecular flexibility index (Phi) is 35.9. The number of imide groups is 1. The molecule has 6 aromatic carbocycles. The molecule has 0 bridgehead atoms. The van der Waals surface area contributed by atoms with Crippen LogP contribution in [-0.2, 0) is 53.1 Å². The minimum absolute atomic E-state index is 0. The number of amides is 4. The zero-order valence-corrected chi connectivity index (χ0v) is 60.0. The summed E-state index contributed by atoms with van der Waals surface area (Å²) in [5.74, 6) is -16.9. The lowest BCUT2D eigenvalue weighted by Crippen LogP contribution is -2.38. The number of nitro benzene ring substituents is 1. The molecule has 11 N–H and O–H groups in total. The van der Waals surface area contributed by atoms with Gasteiger partial charge in [-0.05, 0) is 91.7 Å². The van der Waals surface area contributed by atoms with E-state index in [1.807, 2.05) is 6.92 Å². The lowest BCUT2D eigenvalue weighted by molar-refractivity contribution is -0.385. The first-order chi connectivity index (χ1) is 50.0. The van der Waals surface area contributed by atoms with Crippen LogP contribution in [0.25, 0.3) is 0 Å². The number of hydrogen-bond acceptors (Lipinski definition) is 27. The number of aromatic carboxylic acids is 4. The number of halogens is 4. The number of aliphatic carboxylic acids is 1. The highest BCUT2D eigenvalue weighted by molar-refractivity contribution is 7.90. The Morgan fingerprint density at radius 1 is 0.550 bits per heavy atom. The average Bonchev–Trinajstić information content (AvgIpc) is 1.59. The summed E-state index contributed by atoms with van der Waals surface area (Å²) in [6.07, 6.45) is 2.13. The first kappa shape index (κ1) is 94.0. The molecule has 0 saturated carbocycles. The second-order valence-corrected chi connectivity index (χ2v) is 25.9. The van der Waals surface area contributed by atoms with Gasteiger partial charge in [0, 0.05) is 66.4 Å². The van der Waals surface area contributed by atoms with E-state index in [1.54, 1.807) is 32.2 Å². The van der Waals surface area contributed by atoms with Crippen LogP contribution in [0.5, 0.6) is 23.0 Å². The number of nitrogens with one attached hydrogen (secondary N) is 2. The normalized spacial score (nSPS) is 11.8. The van der Waals surface area contributed by atoms with Crippen LogP contribution in [0, 0.1) is 33.4 Å². The van der Waals surface area contributed by atoms with Crippen LogP contribution in [-0.4, -0.2) is 181 Å². The largest absolute Gasteiger partial charge is 0.493 e. The number of nitrogens with zero attached hydrogens (tertiary/aromatic N) is 2. The van der Waals surface area contributed by atoms with Crippen LogP contribution in [0.1, 0.15) is 163 Å². The molecule has 0 aromatic heterocycles. The number of benzene rings is 6. The number of sulfone groups is 2. The van der Waals surface area contributed by atoms with Crippen molar-refractivity contribution in [2.75, 3.05) is 67.8 Å². The predicted octanol–water partition coefficient (Wildman–Crippen LogP) is 7.81. The van der Waals surface area contributed by atoms with Gasteiger partial charge in [0.15, 0.2) is 28.6 Å². The number of rotatable bonds is 20. The van der Waals surface area contributed by atoms with Crippen molar-refractivity contribution in [1.82, 2.24) is 4.90 Å². The van der Waals surface area contributed by atoms with Gasteiger partial charge in [-0.3, -0.25) is 48.6 Å². The third-order valence-corrected chi connectivity index (χ3v) is 15.0. The first-order valence-corrected chi connectivity index (χ1v) is 34.1. The molecule has 4 amide bonds. The number of esters is 4. The number of carboxylic acids is 5. The third kappa shape index (κ3) is 27.5. The van der Waals surface area contributed by atoms with Crippen molar-refractivity contribution in [2.45, 2.75) is 68.0 Å². The maximum absolute atomic E-state index is 14.6. The van der Waals surface area contributed by atoms with E-state index in [-0.39, 0.29) is 60.7 Å². The highest BCUT2D eigenvalue weighted by Crippen LogP contribution is 2.40. The number of nitro groups is 1. The van der Waals surface area contributed by atoms with Crippen molar-refractivity contribution in [3.8, 4) is 23.0 Å². The SMILES string of the molecule is C.CC(=O)Nc1ccc(F)c2c1C(=O)OC2=O.CC(=O)O.CC(=O)OC(C)=O.CCOc1cc(C(CS(C)(=O)=O)N2C(=O)c3c(F)ccc(NC(C)=O)c3C2=O)ccc1OC.CCOc1cc(C(N)CS(C)(=O)=O)ccc1OC.Nc1ccc(F)c(C(=O)O)c1C(=O)O.O=C(O)c1c(F)ccc([N+](=O)[O-])c1C(=O)O.[HH]. The first-order valence-electron chi connectivity index (χ1n) is 30.0. The number of cyclic esters (lactones) is 2. The van der Waals surface area contributed by atoms with E-state index < -0.39 is 182 Å². The van der Waals surface area contributed by atoms with Crippen molar-refractivity contribution in [1.29, 1.82) is 0 Å². The molecule has 36 nitrogen and oxygen atoms in total. The molecule has 0 fully saturated rings. The standard InChI is InChI=1S/C22H23FN2O7S.C12H19NO4S.C10H6FNO4.C8H4FNO6.C8H6FNO4.C4H6O3.C2H4O2.CH4.H2/c1-5-32-18-10-13(6-9-17(18)31-3)16(11-33(4,29)30)25-21(27)19-14(23)7-8-15(24-12(2)26)20(19)22(25)28;1-4-17-12-7-9(5-6-11(12)16-2)10(13)8-18(3,14)15;1-4(13)12-6-3-2-5(11)7-8(6)10(15)16-9(7)14;9-3-1-2-4(10(15)16)6(8(13)14)5(3)7(11)12;9-3-1-2-4(10)6(8(13)14)5(3)7(11)12;1-3(5)7-4(2)6;1-2(3)4;;/h6-10,16H,5,11H2,1-4H3,(H,24,26);5-7,10H,4,8,13H2,1-3H3;2-3H,1H3,(H,12,13);1-2H,(H,11,12)(H,13,14);1-2H,10H2,(H,11,12)(H,13,14);1-2H3;1H3,(H,3,4);1H4;1H. The number of methoxy groups -OCH3 is 2. The van der Waals surface area contributed by atoms with E-state index in [2.05, 4.69) is 20.1 Å². The number of fused-ring (bicyclic) bond motifs is 2. The number of hydrogen-bond donors (Lipinski definition) is 9. The van der Waals surface area contributed by atoms with E-state index in [0.717, 1.165) is 37.4 Å². The number of ether oxygens (including phenoxy) is 6. The van der Waals surface area contributed by atoms with E-state index in [9.17, 15) is 102 Å². The number of carbonyl (C=O) groups is 13. The fraction of sp³-hybridized carbons (Fsp3) is 0.269. The minimum Gasteiger partial charge on any atom is -0.493 e. The Labute approximate surface area is 617 Å². The van der Waals surface area contributed by atoms with Gasteiger partial charge in [0.25, 0.3) is 23.5 Å². The van der Waals surface area contributed by atoms with Crippen molar-refractivity contribution < 1.29 is 157 Å². The number of carboxylic acid groups (broad SMARTS) is 5. The number of carbonyl (C=O) groups excluding carboxylic acids is 8. The van der Waals surface area contributed by atoms with Crippen LogP contribution in [0.15, 0.2) is 84.9 Å². The van der Waals surface area contributed by atoms with E-state index >= 15 is 0 Å². The molecule has 42 heteroatoms. The molecule has 2 aliphatic heterocycles.